The van der Waals surface area contributed by atoms with Gasteiger partial charge in [0.1, 0.15) is 18.2 Å². The molecule has 1 N–H and O–H groups in total. The highest BCUT2D eigenvalue weighted by Gasteiger charge is 2.15. The Balaban J connectivity index is 2.17. The van der Waals surface area contributed by atoms with Gasteiger partial charge in [-0.3, -0.25) is 0 Å². The quantitative estimate of drug-likeness (QED) is 0.894. The van der Waals surface area contributed by atoms with Crippen LogP contribution in [0, 0.1) is 26.6 Å². The first-order valence-electron chi connectivity index (χ1n) is 7.15. The van der Waals surface area contributed by atoms with E-state index in [0.717, 1.165) is 16.9 Å². The molecule has 0 aromatic heterocycles. The number of aryl methyl sites for hydroxylation is 3. The number of benzene rings is 2. The second-order valence-electron chi connectivity index (χ2n) is 5.40. The van der Waals surface area contributed by atoms with E-state index < -0.39 is 0 Å². The summed E-state index contributed by atoms with van der Waals surface area (Å²) in [4.78, 5) is 0. The highest BCUT2D eigenvalue weighted by atomic mass is 19.1. The number of halogens is 1. The van der Waals surface area contributed by atoms with Crippen LogP contribution >= 0.6 is 0 Å². The van der Waals surface area contributed by atoms with Crippen molar-refractivity contribution in [1.82, 2.24) is 5.32 Å². The molecule has 0 saturated heterocycles. The molecule has 112 valence electrons. The minimum Gasteiger partial charge on any atom is -0.491 e. The molecule has 0 aliphatic carbocycles. The molecule has 21 heavy (non-hydrogen) atoms. The summed E-state index contributed by atoms with van der Waals surface area (Å²) < 4.78 is 19.8. The van der Waals surface area contributed by atoms with Gasteiger partial charge in [0, 0.05) is 5.56 Å². The van der Waals surface area contributed by atoms with E-state index in [4.69, 9.17) is 4.74 Å². The number of rotatable bonds is 5. The van der Waals surface area contributed by atoms with Gasteiger partial charge in [-0.15, -0.1) is 0 Å². The minimum atomic E-state index is -0.210. The lowest BCUT2D eigenvalue weighted by atomic mass is 10.1. The lowest BCUT2D eigenvalue weighted by Crippen LogP contribution is -2.24. The van der Waals surface area contributed by atoms with Gasteiger partial charge in [0.2, 0.25) is 0 Å². The van der Waals surface area contributed by atoms with Gasteiger partial charge in [0.25, 0.3) is 0 Å². The highest BCUT2D eigenvalue weighted by Crippen LogP contribution is 2.26. The van der Waals surface area contributed by atoms with Crippen LogP contribution in [0.2, 0.25) is 0 Å². The fourth-order valence-electron chi connectivity index (χ4n) is 2.65. The number of hydrogen-bond donors (Lipinski definition) is 1. The predicted molar refractivity (Wildman–Crippen MR) is 84.3 cm³/mol. The maximum Gasteiger partial charge on any atom is 0.128 e. The van der Waals surface area contributed by atoms with E-state index >= 15 is 0 Å². The van der Waals surface area contributed by atoms with Crippen LogP contribution in [0.4, 0.5) is 4.39 Å². The average molecular weight is 287 g/mol. The molecule has 0 saturated carbocycles. The summed E-state index contributed by atoms with van der Waals surface area (Å²) in [7, 11) is 1.81. The van der Waals surface area contributed by atoms with E-state index in [1.54, 1.807) is 12.1 Å². The summed E-state index contributed by atoms with van der Waals surface area (Å²) in [5.74, 6) is 0.676. The molecular weight excluding hydrogens is 265 g/mol. The fraction of sp³-hybridized carbons (Fsp3) is 0.333. The second-order valence-corrected chi connectivity index (χ2v) is 5.40. The maximum atomic E-state index is 13.9. The van der Waals surface area contributed by atoms with Crippen LogP contribution in [0.3, 0.4) is 0 Å². The van der Waals surface area contributed by atoms with E-state index in [9.17, 15) is 4.39 Å². The van der Waals surface area contributed by atoms with Crippen LogP contribution in [-0.4, -0.2) is 13.7 Å². The zero-order valence-electron chi connectivity index (χ0n) is 13.0. The number of likely N-dealkylation sites (N-methyl/N-ethyl adjacent to an activating group) is 1. The molecule has 2 rings (SSSR count). The molecule has 0 heterocycles. The molecule has 2 aromatic rings. The van der Waals surface area contributed by atoms with E-state index in [-0.39, 0.29) is 11.9 Å². The Bertz CT molecular complexity index is 601. The molecule has 0 aliphatic rings. The molecule has 2 aromatic carbocycles. The van der Waals surface area contributed by atoms with Crippen molar-refractivity contribution in [1.29, 1.82) is 0 Å². The minimum absolute atomic E-state index is 0.175. The van der Waals surface area contributed by atoms with Crippen molar-refractivity contribution < 1.29 is 9.13 Å². The first-order valence-corrected chi connectivity index (χ1v) is 7.15. The van der Waals surface area contributed by atoms with E-state index in [1.165, 1.54) is 11.6 Å². The summed E-state index contributed by atoms with van der Waals surface area (Å²) in [5.41, 5.74) is 4.06. The Kier molecular flexibility index (Phi) is 4.97. The Hall–Kier alpha value is -1.87. The normalized spacial score (nSPS) is 12.2. The van der Waals surface area contributed by atoms with Gasteiger partial charge in [0.05, 0.1) is 6.04 Å². The Morgan fingerprint density at radius 1 is 1.10 bits per heavy atom. The fourth-order valence-corrected chi connectivity index (χ4v) is 2.65. The third-order valence-electron chi connectivity index (χ3n) is 3.63. The number of hydrogen-bond acceptors (Lipinski definition) is 2. The van der Waals surface area contributed by atoms with Crippen molar-refractivity contribution in [3.8, 4) is 5.75 Å². The standard InChI is InChI=1S/C18H22FNO/c1-12-9-13(2)18(14(3)10-12)21-11-17(20-4)15-7-5-6-8-16(15)19/h5-10,17,20H,11H2,1-4H3. The Morgan fingerprint density at radius 2 is 1.71 bits per heavy atom. The zero-order chi connectivity index (χ0) is 15.4. The highest BCUT2D eigenvalue weighted by molar-refractivity contribution is 5.43. The zero-order valence-corrected chi connectivity index (χ0v) is 13.0. The SMILES string of the molecule is CNC(COc1c(C)cc(C)cc1C)c1ccccc1F. The molecule has 0 bridgehead atoms. The van der Waals surface area contributed by atoms with Crippen LogP contribution < -0.4 is 10.1 Å². The van der Waals surface area contributed by atoms with Gasteiger partial charge in [-0.2, -0.15) is 0 Å². The lowest BCUT2D eigenvalue weighted by Gasteiger charge is -2.20. The number of ether oxygens (including phenoxy) is 1. The van der Waals surface area contributed by atoms with Crippen LogP contribution in [0.5, 0.6) is 5.75 Å². The summed E-state index contributed by atoms with van der Waals surface area (Å²) >= 11 is 0. The summed E-state index contributed by atoms with van der Waals surface area (Å²) in [5, 5.41) is 3.11. The first kappa shape index (κ1) is 15.5. The molecule has 1 unspecified atom stereocenters. The maximum absolute atomic E-state index is 13.9. The van der Waals surface area contributed by atoms with Crippen LogP contribution in [-0.2, 0) is 0 Å². The van der Waals surface area contributed by atoms with E-state index in [2.05, 4.69) is 24.4 Å². The van der Waals surface area contributed by atoms with Gasteiger partial charge in [-0.25, -0.2) is 4.39 Å². The average Bonchev–Trinajstić information content (AvgIpc) is 2.43. The van der Waals surface area contributed by atoms with Gasteiger partial charge >= 0.3 is 0 Å². The molecule has 0 aliphatic heterocycles. The lowest BCUT2D eigenvalue weighted by molar-refractivity contribution is 0.266. The Labute approximate surface area is 126 Å². The monoisotopic (exact) mass is 287 g/mol. The third kappa shape index (κ3) is 3.61. The third-order valence-corrected chi connectivity index (χ3v) is 3.63. The van der Waals surface area contributed by atoms with Gasteiger partial charge < -0.3 is 10.1 Å². The molecule has 3 heteroatoms. The molecule has 0 fully saturated rings. The smallest absolute Gasteiger partial charge is 0.128 e. The largest absolute Gasteiger partial charge is 0.491 e. The molecular formula is C18H22FNO. The molecule has 2 nitrogen and oxygen atoms in total. The van der Waals surface area contributed by atoms with Gasteiger partial charge in [0.15, 0.2) is 0 Å². The van der Waals surface area contributed by atoms with Crippen molar-refractivity contribution in [2.75, 3.05) is 13.7 Å². The topological polar surface area (TPSA) is 21.3 Å². The van der Waals surface area contributed by atoms with Crippen molar-refractivity contribution in [2.45, 2.75) is 26.8 Å². The predicted octanol–water partition coefficient (Wildman–Crippen LogP) is 4.09. The van der Waals surface area contributed by atoms with E-state index in [0.29, 0.717) is 12.2 Å². The molecule has 1 atom stereocenters. The Morgan fingerprint density at radius 3 is 2.29 bits per heavy atom. The number of nitrogens with one attached hydrogen (secondary N) is 1. The van der Waals surface area contributed by atoms with Crippen LogP contribution in [0.1, 0.15) is 28.3 Å². The van der Waals surface area contributed by atoms with Crippen molar-refractivity contribution in [3.63, 3.8) is 0 Å². The van der Waals surface area contributed by atoms with Gasteiger partial charge in [-0.1, -0.05) is 35.9 Å². The van der Waals surface area contributed by atoms with Crippen molar-refractivity contribution in [2.24, 2.45) is 0 Å². The summed E-state index contributed by atoms with van der Waals surface area (Å²) in [6, 6.07) is 10.8. The van der Waals surface area contributed by atoms with Crippen LogP contribution in [0.15, 0.2) is 36.4 Å². The van der Waals surface area contributed by atoms with Crippen molar-refractivity contribution in [3.05, 3.63) is 64.5 Å². The van der Waals surface area contributed by atoms with Crippen molar-refractivity contribution >= 4 is 0 Å². The summed E-state index contributed by atoms with van der Waals surface area (Å²) in [6.07, 6.45) is 0. The van der Waals surface area contributed by atoms with E-state index in [1.807, 2.05) is 27.0 Å². The summed E-state index contributed by atoms with van der Waals surface area (Å²) in [6.45, 7) is 6.53. The molecule has 0 amide bonds. The molecule has 0 spiro atoms. The van der Waals surface area contributed by atoms with Gasteiger partial charge in [-0.05, 0) is 45.0 Å². The van der Waals surface area contributed by atoms with Crippen LogP contribution in [0.25, 0.3) is 0 Å². The first-order chi connectivity index (χ1) is 10.0. The second kappa shape index (κ2) is 6.72. The molecule has 0 radical (unpaired) electrons.